The van der Waals surface area contributed by atoms with E-state index in [0.717, 1.165) is 22.8 Å². The summed E-state index contributed by atoms with van der Waals surface area (Å²) in [5.74, 6) is 0.144. The summed E-state index contributed by atoms with van der Waals surface area (Å²) in [7, 11) is 0. The molecule has 0 fully saturated rings. The summed E-state index contributed by atoms with van der Waals surface area (Å²) < 4.78 is 0. The monoisotopic (exact) mass is 1520 g/mol. The molecular weight excluding hydrogens is 1450 g/mol. The van der Waals surface area contributed by atoms with Crippen LogP contribution in [0.2, 0.25) is 0 Å². The van der Waals surface area contributed by atoms with Crippen LogP contribution in [0.1, 0.15) is 49.9 Å². The summed E-state index contributed by atoms with van der Waals surface area (Å²) >= 11 is 38.1. The number of aliphatic imine (C=N–C) groups is 2. The van der Waals surface area contributed by atoms with E-state index in [1.807, 2.05) is 12.1 Å². The molecule has 102 heavy (non-hydrogen) atoms. The van der Waals surface area contributed by atoms with Gasteiger partial charge in [-0.25, -0.2) is 0 Å². The van der Waals surface area contributed by atoms with Crippen LogP contribution in [-0.2, 0) is 26.2 Å². The Morgan fingerprint density at radius 1 is 0.284 bits per heavy atom. The molecule has 0 bridgehead atoms. The molecule has 0 saturated carbocycles. The summed E-state index contributed by atoms with van der Waals surface area (Å²) in [5, 5.41) is 51.5. The average Bonchev–Trinajstić information content (AvgIpc) is 0.804. The van der Waals surface area contributed by atoms with Gasteiger partial charge < -0.3 is 20.8 Å². The molecule has 14 aromatic carbocycles. The molecule has 0 aliphatic carbocycles. The van der Waals surface area contributed by atoms with Gasteiger partial charge in [-0.05, 0) is 147 Å². The fraction of sp³-hybridized carbons (Fsp3) is 0.140. The Balaban J connectivity index is 0.000000269. The number of fused-ring (bicyclic) bond motifs is 8. The molecule has 512 valence electrons. The van der Waals surface area contributed by atoms with E-state index in [0.29, 0.717) is 26.2 Å². The van der Waals surface area contributed by atoms with Crippen LogP contribution >= 0.6 is 92.8 Å². The minimum Gasteiger partial charge on any atom is -0.872 e. The van der Waals surface area contributed by atoms with E-state index in [2.05, 4.69) is 258 Å². The SMILES string of the molecule is CC(/C=C(/C)[N-]Cc1c2ccccc2cc2ccccc12)=NCc1c2ccccc2cc2ccccc12.CC(/C=C(/C)[N-]Cc1c2ccccc2cc2ccccc12)=NCc1c2ccccc2cc2ccccc12.ClCCl.ClCCl.ClCCl.ClCCl.[Mg+2].[Mg+2].[O-]c1ccccc1.[O-]c1ccccc1. The van der Waals surface area contributed by atoms with E-state index in [9.17, 15) is 10.2 Å². The zero-order chi connectivity index (χ0) is 71.4. The molecule has 14 aromatic rings. The largest absolute Gasteiger partial charge is 2.00 e. The van der Waals surface area contributed by atoms with E-state index >= 15 is 0 Å². The van der Waals surface area contributed by atoms with Gasteiger partial charge in [0.05, 0.1) is 34.4 Å². The minimum atomic E-state index is 0. The molecular formula is C86H76Cl8Mg2N4O2. The summed E-state index contributed by atoms with van der Waals surface area (Å²) in [5.41, 5.74) is 9.05. The van der Waals surface area contributed by atoms with E-state index in [-0.39, 0.29) is 79.0 Å². The first-order chi connectivity index (χ1) is 48.8. The third-order valence-corrected chi connectivity index (χ3v) is 15.8. The van der Waals surface area contributed by atoms with Crippen LogP contribution in [0.4, 0.5) is 0 Å². The number of hydrogen-bond donors (Lipinski definition) is 0. The Morgan fingerprint density at radius 2 is 0.461 bits per heavy atom. The Morgan fingerprint density at radius 3 is 0.647 bits per heavy atom. The van der Waals surface area contributed by atoms with Gasteiger partial charge in [0.25, 0.3) is 0 Å². The normalized spacial score (nSPS) is 11.0. The fourth-order valence-electron chi connectivity index (χ4n) is 11.6. The van der Waals surface area contributed by atoms with Crippen molar-refractivity contribution in [3.05, 3.63) is 335 Å². The second-order valence-electron chi connectivity index (χ2n) is 22.3. The molecule has 14 rings (SSSR count). The van der Waals surface area contributed by atoms with Crippen LogP contribution in [0.25, 0.3) is 96.8 Å². The van der Waals surface area contributed by atoms with Gasteiger partial charge in [-0.2, -0.15) is 11.4 Å². The Hall–Kier alpha value is -6.97. The molecule has 0 aliphatic heterocycles. The smallest absolute Gasteiger partial charge is 0.872 e. The van der Waals surface area contributed by atoms with Crippen molar-refractivity contribution in [2.45, 2.75) is 53.9 Å². The number of nitrogens with zero attached hydrogens (tertiary/aromatic N) is 4. The molecule has 6 nitrogen and oxygen atoms in total. The molecule has 0 spiro atoms. The van der Waals surface area contributed by atoms with Gasteiger partial charge in [-0.3, -0.25) is 9.98 Å². The van der Waals surface area contributed by atoms with Crippen molar-refractivity contribution in [1.29, 1.82) is 0 Å². The van der Waals surface area contributed by atoms with Crippen molar-refractivity contribution < 1.29 is 10.2 Å². The molecule has 0 aromatic heterocycles. The van der Waals surface area contributed by atoms with Gasteiger partial charge in [0.15, 0.2) is 0 Å². The van der Waals surface area contributed by atoms with Gasteiger partial charge in [-0.15, -0.1) is 117 Å². The molecule has 0 unspecified atom stereocenters. The second-order valence-corrected chi connectivity index (χ2v) is 25.6. The maximum absolute atomic E-state index is 10.3. The van der Waals surface area contributed by atoms with Crippen LogP contribution in [-0.4, -0.2) is 78.9 Å². The summed E-state index contributed by atoms with van der Waals surface area (Å²) in [6, 6.07) is 94.5. The average molecular weight is 1530 g/mol. The van der Waals surface area contributed by atoms with Gasteiger partial charge in [0, 0.05) is 11.4 Å². The number of rotatable bonds is 12. The number of allylic oxidation sites excluding steroid dienone is 4. The first kappa shape index (κ1) is 85.7. The van der Waals surface area contributed by atoms with Crippen molar-refractivity contribution in [3.8, 4) is 11.5 Å². The van der Waals surface area contributed by atoms with E-state index < -0.39 is 0 Å². The molecule has 0 heterocycles. The number of hydrogen-bond acceptors (Lipinski definition) is 4. The molecule has 0 aliphatic rings. The Labute approximate surface area is 672 Å². The van der Waals surface area contributed by atoms with Crippen LogP contribution < -0.4 is 10.2 Å². The minimum absolute atomic E-state index is 0. The summed E-state index contributed by atoms with van der Waals surface area (Å²) in [4.78, 5) is 9.94. The van der Waals surface area contributed by atoms with Gasteiger partial charge in [-0.1, -0.05) is 281 Å². The molecule has 0 radical (unpaired) electrons. The van der Waals surface area contributed by atoms with Crippen LogP contribution in [0, 0.1) is 0 Å². The van der Waals surface area contributed by atoms with Crippen molar-refractivity contribution in [2.24, 2.45) is 9.98 Å². The van der Waals surface area contributed by atoms with E-state index in [4.69, 9.17) is 113 Å². The van der Waals surface area contributed by atoms with Crippen LogP contribution in [0.3, 0.4) is 0 Å². The van der Waals surface area contributed by atoms with Crippen molar-refractivity contribution >= 4 is 237 Å². The first-order valence-corrected chi connectivity index (χ1v) is 36.3. The van der Waals surface area contributed by atoms with Gasteiger partial charge in [0.1, 0.15) is 0 Å². The number of para-hydroxylation sites is 2. The topological polar surface area (TPSA) is 99.0 Å². The standard InChI is InChI=1S/2C35H29N2.2C6H6O.4CH2Cl2.2Mg/c2*1-24(36-22-34-30-15-7-3-11-26(30)20-27-12-4-8-16-31(27)34)19-25(2)37-23-35-32-17-9-5-13-28(32)21-29-14-6-10-18-33(29)35;2*7-6-4-2-1-3-5-6;4*2-1-3;;/h2*3-21H,22-23H2,1-2H3;2*1-5,7H;4*1H2;;/q2*-1;;;;;;;2*+2/p-2/b2*24-19-,37-25?;;;;;;;;. The van der Waals surface area contributed by atoms with E-state index in [1.165, 1.54) is 133 Å². The predicted octanol–water partition coefficient (Wildman–Crippen LogP) is 25.9. The Bertz CT molecular complexity index is 4470. The first-order valence-electron chi connectivity index (χ1n) is 32.0. The zero-order valence-electron chi connectivity index (χ0n) is 57.4. The van der Waals surface area contributed by atoms with Crippen molar-refractivity contribution in [3.63, 3.8) is 0 Å². The molecule has 0 N–H and O–H groups in total. The van der Waals surface area contributed by atoms with Crippen molar-refractivity contribution in [1.82, 2.24) is 0 Å². The summed E-state index contributed by atoms with van der Waals surface area (Å²) in [6.45, 7) is 10.9. The van der Waals surface area contributed by atoms with Crippen LogP contribution in [0.15, 0.2) is 313 Å². The van der Waals surface area contributed by atoms with Crippen LogP contribution in [0.5, 0.6) is 11.5 Å². The maximum Gasteiger partial charge on any atom is 2.00 e. The van der Waals surface area contributed by atoms with Crippen molar-refractivity contribution in [2.75, 3.05) is 21.4 Å². The quantitative estimate of drug-likeness (QED) is 0.0527. The zero-order valence-corrected chi connectivity index (χ0v) is 66.3. The predicted molar refractivity (Wildman–Crippen MR) is 451 cm³/mol. The third kappa shape index (κ3) is 26.3. The van der Waals surface area contributed by atoms with E-state index in [1.54, 1.807) is 24.3 Å². The number of alkyl halides is 8. The van der Waals surface area contributed by atoms with Gasteiger partial charge >= 0.3 is 46.1 Å². The molecule has 0 atom stereocenters. The number of halogens is 8. The summed E-state index contributed by atoms with van der Waals surface area (Å²) in [6.07, 6.45) is 4.20. The Kier molecular flexibility index (Phi) is 39.8. The fourth-order valence-corrected chi connectivity index (χ4v) is 11.6. The second kappa shape index (κ2) is 47.4. The molecule has 16 heteroatoms. The molecule has 0 saturated heterocycles. The van der Waals surface area contributed by atoms with Gasteiger partial charge in [0.2, 0.25) is 0 Å². The number of benzene rings is 14. The molecule has 0 amide bonds. The third-order valence-electron chi connectivity index (χ3n) is 15.8. The maximum atomic E-state index is 10.3.